The van der Waals surface area contributed by atoms with Gasteiger partial charge in [-0.2, -0.15) is 0 Å². The zero-order chi connectivity index (χ0) is 19.1. The van der Waals surface area contributed by atoms with Crippen molar-refractivity contribution in [1.82, 2.24) is 25.0 Å². The SMILES string of the molecule is CNCCN(C)C(=O)C1CCCN(C2CCN(Cc3cccnc3)CC2)C1. The van der Waals surface area contributed by atoms with E-state index < -0.39 is 0 Å². The van der Waals surface area contributed by atoms with Gasteiger partial charge in [-0.1, -0.05) is 6.07 Å². The number of carbonyl (C=O) groups is 1. The number of rotatable bonds is 7. The monoisotopic (exact) mass is 373 g/mol. The van der Waals surface area contributed by atoms with Crippen molar-refractivity contribution >= 4 is 5.91 Å². The average molecular weight is 374 g/mol. The summed E-state index contributed by atoms with van der Waals surface area (Å²) in [6, 6.07) is 4.80. The number of carbonyl (C=O) groups excluding carboxylic acids is 1. The van der Waals surface area contributed by atoms with E-state index in [-0.39, 0.29) is 5.92 Å². The molecule has 3 heterocycles. The first-order valence-electron chi connectivity index (χ1n) is 10.4. The van der Waals surface area contributed by atoms with Gasteiger partial charge in [-0.25, -0.2) is 0 Å². The number of likely N-dealkylation sites (N-methyl/N-ethyl adjacent to an activating group) is 2. The van der Waals surface area contributed by atoms with Gasteiger partial charge in [0, 0.05) is 51.7 Å². The summed E-state index contributed by atoms with van der Waals surface area (Å²) in [6.07, 6.45) is 8.40. The van der Waals surface area contributed by atoms with Gasteiger partial charge in [-0.05, 0) is 64.0 Å². The maximum Gasteiger partial charge on any atom is 0.226 e. The molecular formula is C21H35N5O. The van der Waals surface area contributed by atoms with Crippen LogP contribution in [0.15, 0.2) is 24.5 Å². The number of aromatic nitrogens is 1. The lowest BCUT2D eigenvalue weighted by atomic mass is 9.93. The Morgan fingerprint density at radius 1 is 1.30 bits per heavy atom. The van der Waals surface area contributed by atoms with Gasteiger partial charge in [0.15, 0.2) is 0 Å². The number of hydrogen-bond acceptors (Lipinski definition) is 5. The van der Waals surface area contributed by atoms with Crippen LogP contribution >= 0.6 is 0 Å². The van der Waals surface area contributed by atoms with Crippen LogP contribution in [0, 0.1) is 5.92 Å². The van der Waals surface area contributed by atoms with Gasteiger partial charge in [0.2, 0.25) is 5.91 Å². The lowest BCUT2D eigenvalue weighted by molar-refractivity contribution is -0.136. The van der Waals surface area contributed by atoms with Crippen molar-refractivity contribution in [1.29, 1.82) is 0 Å². The minimum Gasteiger partial charge on any atom is -0.344 e. The summed E-state index contributed by atoms with van der Waals surface area (Å²) in [5, 5.41) is 3.13. The third-order valence-electron chi connectivity index (χ3n) is 6.08. The number of nitrogens with one attached hydrogen (secondary N) is 1. The van der Waals surface area contributed by atoms with E-state index in [1.165, 1.54) is 18.4 Å². The fourth-order valence-corrected chi connectivity index (χ4v) is 4.43. The number of nitrogens with zero attached hydrogens (tertiary/aromatic N) is 4. The van der Waals surface area contributed by atoms with Crippen molar-refractivity contribution in [3.05, 3.63) is 30.1 Å². The molecule has 2 fully saturated rings. The Kier molecular flexibility index (Phi) is 7.61. The molecule has 0 saturated carbocycles. The van der Waals surface area contributed by atoms with E-state index in [9.17, 15) is 4.79 Å². The van der Waals surface area contributed by atoms with Crippen LogP contribution in [0.3, 0.4) is 0 Å². The summed E-state index contributed by atoms with van der Waals surface area (Å²) >= 11 is 0. The van der Waals surface area contributed by atoms with Crippen LogP contribution < -0.4 is 5.32 Å². The highest BCUT2D eigenvalue weighted by Crippen LogP contribution is 2.25. The maximum absolute atomic E-state index is 12.7. The Morgan fingerprint density at radius 2 is 2.11 bits per heavy atom. The summed E-state index contributed by atoms with van der Waals surface area (Å²) in [5.74, 6) is 0.498. The van der Waals surface area contributed by atoms with Crippen molar-refractivity contribution in [3.8, 4) is 0 Å². The minimum atomic E-state index is 0.175. The van der Waals surface area contributed by atoms with Crippen molar-refractivity contribution in [3.63, 3.8) is 0 Å². The molecule has 0 aromatic carbocycles. The molecule has 6 heteroatoms. The van der Waals surface area contributed by atoms with Gasteiger partial charge in [0.05, 0.1) is 5.92 Å². The molecule has 2 aliphatic rings. The molecule has 6 nitrogen and oxygen atoms in total. The predicted molar refractivity (Wildman–Crippen MR) is 108 cm³/mol. The summed E-state index contributed by atoms with van der Waals surface area (Å²) in [6.45, 7) is 7.01. The highest BCUT2D eigenvalue weighted by Gasteiger charge is 2.32. The quantitative estimate of drug-likeness (QED) is 0.784. The summed E-state index contributed by atoms with van der Waals surface area (Å²) in [4.78, 5) is 24.0. The number of pyridine rings is 1. The largest absolute Gasteiger partial charge is 0.344 e. The third-order valence-corrected chi connectivity index (χ3v) is 6.08. The molecule has 1 unspecified atom stereocenters. The van der Waals surface area contributed by atoms with Crippen LogP contribution in [0.2, 0.25) is 0 Å². The van der Waals surface area contributed by atoms with E-state index in [4.69, 9.17) is 0 Å². The van der Waals surface area contributed by atoms with Crippen LogP contribution in [0.25, 0.3) is 0 Å². The average Bonchev–Trinajstić information content (AvgIpc) is 2.73. The normalized spacial score (nSPS) is 22.7. The van der Waals surface area contributed by atoms with Gasteiger partial charge in [-0.15, -0.1) is 0 Å². The predicted octanol–water partition coefficient (Wildman–Crippen LogP) is 1.44. The van der Waals surface area contributed by atoms with Crippen LogP contribution in [0.1, 0.15) is 31.2 Å². The molecule has 1 aromatic rings. The fourth-order valence-electron chi connectivity index (χ4n) is 4.43. The zero-order valence-corrected chi connectivity index (χ0v) is 16.9. The standard InChI is InChI=1S/C21H35N5O/c1-22-10-14-24(2)21(27)19-6-4-11-26(17-19)20-7-12-25(13-8-20)16-18-5-3-9-23-15-18/h3,5,9,15,19-20,22H,4,6-8,10-14,16-17H2,1-2H3. The molecule has 27 heavy (non-hydrogen) atoms. The van der Waals surface area contributed by atoms with Gasteiger partial charge in [0.1, 0.15) is 0 Å². The lowest BCUT2D eigenvalue weighted by Gasteiger charge is -2.42. The summed E-state index contributed by atoms with van der Waals surface area (Å²) in [7, 11) is 3.87. The Labute approximate surface area is 163 Å². The Balaban J connectivity index is 1.46. The van der Waals surface area contributed by atoms with E-state index in [1.54, 1.807) is 0 Å². The molecule has 1 amide bonds. The lowest BCUT2D eigenvalue weighted by Crippen LogP contribution is -2.51. The van der Waals surface area contributed by atoms with Gasteiger partial charge < -0.3 is 10.2 Å². The number of hydrogen-bond donors (Lipinski definition) is 1. The highest BCUT2D eigenvalue weighted by atomic mass is 16.2. The second kappa shape index (κ2) is 10.2. The molecule has 1 N–H and O–H groups in total. The molecule has 0 spiro atoms. The minimum absolute atomic E-state index is 0.175. The smallest absolute Gasteiger partial charge is 0.226 e. The number of piperidine rings is 2. The fraction of sp³-hybridized carbons (Fsp3) is 0.714. The maximum atomic E-state index is 12.7. The summed E-state index contributed by atoms with van der Waals surface area (Å²) < 4.78 is 0. The van der Waals surface area contributed by atoms with Crippen LogP contribution in [0.5, 0.6) is 0 Å². The van der Waals surface area contributed by atoms with E-state index in [0.717, 1.165) is 58.7 Å². The molecule has 2 saturated heterocycles. The van der Waals surface area contributed by atoms with E-state index in [0.29, 0.717) is 11.9 Å². The Hall–Kier alpha value is -1.50. The molecule has 0 bridgehead atoms. The van der Waals surface area contributed by atoms with Crippen molar-refractivity contribution in [2.75, 3.05) is 53.4 Å². The van der Waals surface area contributed by atoms with E-state index in [1.807, 2.05) is 37.5 Å². The molecular weight excluding hydrogens is 338 g/mol. The van der Waals surface area contributed by atoms with Crippen molar-refractivity contribution in [2.24, 2.45) is 5.92 Å². The van der Waals surface area contributed by atoms with Crippen LogP contribution in [0.4, 0.5) is 0 Å². The number of likely N-dealkylation sites (tertiary alicyclic amines) is 2. The van der Waals surface area contributed by atoms with Gasteiger partial charge >= 0.3 is 0 Å². The zero-order valence-electron chi connectivity index (χ0n) is 16.9. The van der Waals surface area contributed by atoms with Crippen molar-refractivity contribution in [2.45, 2.75) is 38.3 Å². The number of amides is 1. The Bertz CT molecular complexity index is 573. The van der Waals surface area contributed by atoms with Gasteiger partial charge in [0.25, 0.3) is 0 Å². The molecule has 1 aromatic heterocycles. The topological polar surface area (TPSA) is 51.7 Å². The third kappa shape index (κ3) is 5.74. The second-order valence-electron chi connectivity index (χ2n) is 8.07. The molecule has 1 atom stereocenters. The highest BCUT2D eigenvalue weighted by molar-refractivity contribution is 5.78. The molecule has 0 radical (unpaired) electrons. The van der Waals surface area contributed by atoms with Crippen LogP contribution in [-0.4, -0.2) is 85.0 Å². The summed E-state index contributed by atoms with van der Waals surface area (Å²) in [5.41, 5.74) is 1.30. The van der Waals surface area contributed by atoms with Crippen LogP contribution in [-0.2, 0) is 11.3 Å². The van der Waals surface area contributed by atoms with E-state index in [2.05, 4.69) is 26.2 Å². The molecule has 3 rings (SSSR count). The molecule has 2 aliphatic heterocycles. The molecule has 0 aliphatic carbocycles. The van der Waals surface area contributed by atoms with E-state index >= 15 is 0 Å². The molecule has 150 valence electrons. The first kappa shape index (κ1) is 20.2. The second-order valence-corrected chi connectivity index (χ2v) is 8.07. The Morgan fingerprint density at radius 3 is 2.81 bits per heavy atom. The first-order chi connectivity index (χ1) is 13.2. The first-order valence-corrected chi connectivity index (χ1v) is 10.4. The van der Waals surface area contributed by atoms with Crippen molar-refractivity contribution < 1.29 is 4.79 Å². The van der Waals surface area contributed by atoms with Gasteiger partial charge in [-0.3, -0.25) is 19.6 Å².